The van der Waals surface area contributed by atoms with Gasteiger partial charge in [-0.25, -0.2) is 0 Å². The predicted octanol–water partition coefficient (Wildman–Crippen LogP) is 1.68. The molecule has 1 amide bonds. The number of ether oxygens (including phenoxy) is 1. The molecule has 1 atom stereocenters. The minimum atomic E-state index is -0.0000643. The second kappa shape index (κ2) is 5.82. The summed E-state index contributed by atoms with van der Waals surface area (Å²) >= 11 is 0. The van der Waals surface area contributed by atoms with Crippen molar-refractivity contribution in [3.05, 3.63) is 17.7 Å². The Morgan fingerprint density at radius 3 is 3.11 bits per heavy atom. The molecule has 1 aliphatic heterocycles. The summed E-state index contributed by atoms with van der Waals surface area (Å²) in [6, 6.07) is 3.78. The molecular formula is C13H18N2O3. The van der Waals surface area contributed by atoms with Gasteiger partial charge in [-0.2, -0.15) is 4.98 Å². The smallest absolute Gasteiger partial charge is 0.226 e. The molecule has 18 heavy (non-hydrogen) atoms. The molecule has 0 aromatic carbocycles. The van der Waals surface area contributed by atoms with Crippen LogP contribution in [0.1, 0.15) is 37.7 Å². The zero-order valence-electron chi connectivity index (χ0n) is 10.5. The number of carbonyl (C=O) groups is 1. The summed E-state index contributed by atoms with van der Waals surface area (Å²) in [6.07, 6.45) is 2.02. The maximum Gasteiger partial charge on any atom is 0.226 e. The van der Waals surface area contributed by atoms with E-state index in [-0.39, 0.29) is 18.4 Å². The lowest BCUT2D eigenvalue weighted by Gasteiger charge is -2.21. The monoisotopic (exact) mass is 250 g/mol. The molecule has 0 saturated heterocycles. The molecule has 2 heterocycles. The van der Waals surface area contributed by atoms with Crippen molar-refractivity contribution in [2.45, 2.75) is 32.1 Å². The lowest BCUT2D eigenvalue weighted by atomic mass is 9.95. The van der Waals surface area contributed by atoms with E-state index in [1.54, 1.807) is 0 Å². The summed E-state index contributed by atoms with van der Waals surface area (Å²) in [7, 11) is 0. The molecule has 0 bridgehead atoms. The van der Waals surface area contributed by atoms with Crippen LogP contribution in [0.25, 0.3) is 0 Å². The first-order valence-corrected chi connectivity index (χ1v) is 6.25. The van der Waals surface area contributed by atoms with Crippen molar-refractivity contribution >= 4 is 11.7 Å². The highest BCUT2D eigenvalue weighted by atomic mass is 16.5. The van der Waals surface area contributed by atoms with Crippen LogP contribution in [0.2, 0.25) is 0 Å². The van der Waals surface area contributed by atoms with Gasteiger partial charge in [0.25, 0.3) is 0 Å². The van der Waals surface area contributed by atoms with Gasteiger partial charge in [-0.1, -0.05) is 6.92 Å². The van der Waals surface area contributed by atoms with E-state index in [1.807, 2.05) is 19.1 Å². The molecule has 2 rings (SSSR count). The fourth-order valence-electron chi connectivity index (χ4n) is 1.99. The van der Waals surface area contributed by atoms with E-state index in [2.05, 4.69) is 10.3 Å². The molecule has 0 fully saturated rings. The van der Waals surface area contributed by atoms with Gasteiger partial charge >= 0.3 is 0 Å². The van der Waals surface area contributed by atoms with Gasteiger partial charge in [0.1, 0.15) is 5.82 Å². The number of aliphatic hydroxyl groups excluding tert-OH is 1. The van der Waals surface area contributed by atoms with Gasteiger partial charge in [-0.15, -0.1) is 0 Å². The first-order valence-electron chi connectivity index (χ1n) is 6.25. The van der Waals surface area contributed by atoms with Crippen molar-refractivity contribution in [3.8, 4) is 5.88 Å². The average Bonchev–Trinajstić information content (AvgIpc) is 2.34. The van der Waals surface area contributed by atoms with Crippen LogP contribution in [-0.4, -0.2) is 29.2 Å². The predicted molar refractivity (Wildman–Crippen MR) is 67.7 cm³/mol. The molecule has 0 saturated carbocycles. The molecule has 0 radical (unpaired) electrons. The number of anilines is 1. The zero-order chi connectivity index (χ0) is 13.0. The highest BCUT2D eigenvalue weighted by molar-refractivity contribution is 5.93. The molecule has 1 unspecified atom stereocenters. The Labute approximate surface area is 106 Å². The van der Waals surface area contributed by atoms with Crippen LogP contribution in [-0.2, 0) is 4.79 Å². The van der Waals surface area contributed by atoms with Crippen LogP contribution in [0, 0.1) is 0 Å². The molecule has 5 heteroatoms. The standard InChI is InChI=1S/C13H18N2O3/c1-9-8-11(17)14-13-10(9)4-5-12(15-13)18-7-3-2-6-16/h4-5,9,16H,2-3,6-8H2,1H3,(H,14,15,17). The average molecular weight is 250 g/mol. The van der Waals surface area contributed by atoms with E-state index in [0.29, 0.717) is 24.7 Å². The SMILES string of the molecule is CC1CC(=O)Nc2nc(OCCCCO)ccc21. The molecule has 5 nitrogen and oxygen atoms in total. The van der Waals surface area contributed by atoms with Crippen LogP contribution in [0.15, 0.2) is 12.1 Å². The number of hydrogen-bond donors (Lipinski definition) is 2. The minimum absolute atomic E-state index is 0.0000643. The summed E-state index contributed by atoms with van der Waals surface area (Å²) in [5, 5.41) is 11.4. The van der Waals surface area contributed by atoms with Crippen LogP contribution < -0.4 is 10.1 Å². The Morgan fingerprint density at radius 2 is 2.33 bits per heavy atom. The fourth-order valence-corrected chi connectivity index (χ4v) is 1.99. The maximum atomic E-state index is 11.4. The van der Waals surface area contributed by atoms with Crippen molar-refractivity contribution in [1.29, 1.82) is 0 Å². The van der Waals surface area contributed by atoms with Crippen LogP contribution in [0.4, 0.5) is 5.82 Å². The van der Waals surface area contributed by atoms with Crippen molar-refractivity contribution in [2.75, 3.05) is 18.5 Å². The topological polar surface area (TPSA) is 71.5 Å². The van der Waals surface area contributed by atoms with E-state index in [1.165, 1.54) is 0 Å². The number of fused-ring (bicyclic) bond motifs is 1. The number of hydrogen-bond acceptors (Lipinski definition) is 4. The van der Waals surface area contributed by atoms with E-state index in [0.717, 1.165) is 18.4 Å². The van der Waals surface area contributed by atoms with Gasteiger partial charge in [0.05, 0.1) is 6.61 Å². The number of nitrogens with zero attached hydrogens (tertiary/aromatic N) is 1. The first kappa shape index (κ1) is 12.8. The Morgan fingerprint density at radius 1 is 1.50 bits per heavy atom. The second-order valence-electron chi connectivity index (χ2n) is 4.52. The third-order valence-corrected chi connectivity index (χ3v) is 2.98. The highest BCUT2D eigenvalue weighted by Gasteiger charge is 2.22. The Bertz CT molecular complexity index is 434. The molecule has 0 aliphatic carbocycles. The summed E-state index contributed by atoms with van der Waals surface area (Å²) in [5.41, 5.74) is 1.05. The van der Waals surface area contributed by atoms with E-state index in [9.17, 15) is 4.79 Å². The molecule has 1 aliphatic rings. The molecule has 0 spiro atoms. The number of carbonyl (C=O) groups excluding carboxylic acids is 1. The number of unbranched alkanes of at least 4 members (excludes halogenated alkanes) is 1. The lowest BCUT2D eigenvalue weighted by molar-refractivity contribution is -0.116. The van der Waals surface area contributed by atoms with Crippen LogP contribution >= 0.6 is 0 Å². The number of aliphatic hydroxyl groups is 1. The number of pyridine rings is 1. The highest BCUT2D eigenvalue weighted by Crippen LogP contribution is 2.31. The molecule has 2 N–H and O–H groups in total. The molecule has 1 aromatic rings. The minimum Gasteiger partial charge on any atom is -0.478 e. The fraction of sp³-hybridized carbons (Fsp3) is 0.538. The van der Waals surface area contributed by atoms with Crippen molar-refractivity contribution in [2.24, 2.45) is 0 Å². The summed E-state index contributed by atoms with van der Waals surface area (Å²) < 4.78 is 5.47. The summed E-state index contributed by atoms with van der Waals surface area (Å²) in [6.45, 7) is 2.71. The van der Waals surface area contributed by atoms with Gasteiger partial charge in [-0.05, 0) is 30.4 Å². The van der Waals surface area contributed by atoms with Crippen molar-refractivity contribution in [1.82, 2.24) is 4.98 Å². The van der Waals surface area contributed by atoms with Gasteiger partial charge in [0.2, 0.25) is 11.8 Å². The van der Waals surface area contributed by atoms with E-state index in [4.69, 9.17) is 9.84 Å². The third kappa shape index (κ3) is 2.98. The van der Waals surface area contributed by atoms with Crippen molar-refractivity contribution < 1.29 is 14.6 Å². The first-order chi connectivity index (χ1) is 8.70. The molecule has 98 valence electrons. The van der Waals surface area contributed by atoms with E-state index < -0.39 is 0 Å². The number of amides is 1. The summed E-state index contributed by atoms with van der Waals surface area (Å²) in [4.78, 5) is 15.7. The molecule has 1 aromatic heterocycles. The van der Waals surface area contributed by atoms with Gasteiger partial charge < -0.3 is 15.2 Å². The summed E-state index contributed by atoms with van der Waals surface area (Å²) in [5.74, 6) is 1.32. The van der Waals surface area contributed by atoms with Crippen molar-refractivity contribution in [3.63, 3.8) is 0 Å². The number of aromatic nitrogens is 1. The Balaban J connectivity index is 2.02. The van der Waals surface area contributed by atoms with Gasteiger partial charge in [0.15, 0.2) is 0 Å². The molecular weight excluding hydrogens is 232 g/mol. The Hall–Kier alpha value is -1.62. The van der Waals surface area contributed by atoms with Crippen LogP contribution in [0.3, 0.4) is 0 Å². The maximum absolute atomic E-state index is 11.4. The van der Waals surface area contributed by atoms with Gasteiger partial charge in [-0.3, -0.25) is 4.79 Å². The number of nitrogens with one attached hydrogen (secondary N) is 1. The Kier molecular flexibility index (Phi) is 4.15. The largest absolute Gasteiger partial charge is 0.478 e. The van der Waals surface area contributed by atoms with E-state index >= 15 is 0 Å². The lowest BCUT2D eigenvalue weighted by Crippen LogP contribution is -2.22. The zero-order valence-corrected chi connectivity index (χ0v) is 10.5. The normalized spacial score (nSPS) is 18.1. The quantitative estimate of drug-likeness (QED) is 0.780. The number of rotatable bonds is 5. The second-order valence-corrected chi connectivity index (χ2v) is 4.52. The van der Waals surface area contributed by atoms with Crippen LogP contribution in [0.5, 0.6) is 5.88 Å². The van der Waals surface area contributed by atoms with Gasteiger partial charge in [0, 0.05) is 19.1 Å². The third-order valence-electron chi connectivity index (χ3n) is 2.98.